The van der Waals surface area contributed by atoms with Crippen molar-refractivity contribution in [2.45, 2.75) is 13.3 Å². The van der Waals surface area contributed by atoms with Crippen molar-refractivity contribution in [3.05, 3.63) is 33.9 Å². The molecule has 0 heterocycles. The second-order valence-electron chi connectivity index (χ2n) is 5.00. The Kier molecular flexibility index (Phi) is 6.10. The van der Waals surface area contributed by atoms with Gasteiger partial charge in [0.05, 0.1) is 4.92 Å². The van der Waals surface area contributed by atoms with Crippen molar-refractivity contribution >= 4 is 17.3 Å². The topological polar surface area (TPSA) is 86.9 Å². The summed E-state index contributed by atoms with van der Waals surface area (Å²) in [6, 6.07) is 4.25. The average molecular weight is 295 g/mol. The SMILES string of the molecule is CCN(CCCN(C)C)c1ccc(C(=O)O)c([N+](=O)[O-])c1. The van der Waals surface area contributed by atoms with E-state index >= 15 is 0 Å². The molecule has 0 saturated heterocycles. The predicted octanol–water partition coefficient (Wildman–Crippen LogP) is 2.07. The molecule has 0 unspecified atom stereocenters. The summed E-state index contributed by atoms with van der Waals surface area (Å²) in [6.07, 6.45) is 0.926. The maximum absolute atomic E-state index is 11.0. The van der Waals surface area contributed by atoms with Crippen molar-refractivity contribution < 1.29 is 14.8 Å². The molecule has 0 aliphatic heterocycles. The minimum atomic E-state index is -1.29. The molecule has 1 aromatic rings. The van der Waals surface area contributed by atoms with Gasteiger partial charge in [-0.25, -0.2) is 4.79 Å². The maximum atomic E-state index is 11.0. The first-order valence-corrected chi connectivity index (χ1v) is 6.78. The molecule has 21 heavy (non-hydrogen) atoms. The fourth-order valence-corrected chi connectivity index (χ4v) is 2.10. The quantitative estimate of drug-likeness (QED) is 0.583. The van der Waals surface area contributed by atoms with E-state index in [0.29, 0.717) is 12.2 Å². The second kappa shape index (κ2) is 7.58. The van der Waals surface area contributed by atoms with Gasteiger partial charge in [-0.15, -0.1) is 0 Å². The minimum absolute atomic E-state index is 0.284. The van der Waals surface area contributed by atoms with Crippen LogP contribution in [0.3, 0.4) is 0 Å². The van der Waals surface area contributed by atoms with Crippen LogP contribution in [0.15, 0.2) is 18.2 Å². The van der Waals surface area contributed by atoms with E-state index in [-0.39, 0.29) is 11.3 Å². The van der Waals surface area contributed by atoms with Gasteiger partial charge in [0.25, 0.3) is 5.69 Å². The highest BCUT2D eigenvalue weighted by Crippen LogP contribution is 2.26. The highest BCUT2D eigenvalue weighted by atomic mass is 16.6. The molecule has 0 radical (unpaired) electrons. The number of anilines is 1. The number of benzene rings is 1. The van der Waals surface area contributed by atoms with Gasteiger partial charge in [0.1, 0.15) is 5.56 Å². The Morgan fingerprint density at radius 1 is 1.33 bits per heavy atom. The molecule has 116 valence electrons. The Hall–Kier alpha value is -2.15. The minimum Gasteiger partial charge on any atom is -0.477 e. The summed E-state index contributed by atoms with van der Waals surface area (Å²) in [5.41, 5.74) is 0.0205. The van der Waals surface area contributed by atoms with Gasteiger partial charge < -0.3 is 14.9 Å². The molecular weight excluding hydrogens is 274 g/mol. The van der Waals surface area contributed by atoms with Crippen LogP contribution >= 0.6 is 0 Å². The molecule has 0 amide bonds. The largest absolute Gasteiger partial charge is 0.477 e. The van der Waals surface area contributed by atoms with Crippen LogP contribution in [0.4, 0.5) is 11.4 Å². The number of rotatable bonds is 8. The molecule has 0 atom stereocenters. The summed E-state index contributed by atoms with van der Waals surface area (Å²) in [5.74, 6) is -1.29. The van der Waals surface area contributed by atoms with E-state index in [1.54, 1.807) is 6.07 Å². The third-order valence-electron chi connectivity index (χ3n) is 3.19. The van der Waals surface area contributed by atoms with E-state index in [9.17, 15) is 14.9 Å². The van der Waals surface area contributed by atoms with Gasteiger partial charge in [-0.2, -0.15) is 0 Å². The molecule has 0 aliphatic rings. The van der Waals surface area contributed by atoms with Crippen molar-refractivity contribution in [3.63, 3.8) is 0 Å². The highest BCUT2D eigenvalue weighted by Gasteiger charge is 2.21. The van der Waals surface area contributed by atoms with Crippen molar-refractivity contribution in [1.82, 2.24) is 4.90 Å². The molecule has 0 aromatic heterocycles. The summed E-state index contributed by atoms with van der Waals surface area (Å²) in [6.45, 7) is 4.35. The Morgan fingerprint density at radius 3 is 2.48 bits per heavy atom. The van der Waals surface area contributed by atoms with E-state index in [4.69, 9.17) is 5.11 Å². The fraction of sp³-hybridized carbons (Fsp3) is 0.500. The smallest absolute Gasteiger partial charge is 0.342 e. The number of nitro groups is 1. The third-order valence-corrected chi connectivity index (χ3v) is 3.19. The third kappa shape index (κ3) is 4.71. The van der Waals surface area contributed by atoms with Gasteiger partial charge >= 0.3 is 5.97 Å². The molecular formula is C14H21N3O4. The van der Waals surface area contributed by atoms with Gasteiger partial charge in [0, 0.05) is 24.8 Å². The lowest BCUT2D eigenvalue weighted by Crippen LogP contribution is -2.27. The standard InChI is InChI=1S/C14H21N3O4/c1-4-16(9-5-8-15(2)3)11-6-7-12(14(18)19)13(10-11)17(20)21/h6-7,10H,4-5,8-9H2,1-3H3,(H,18,19). The summed E-state index contributed by atoms with van der Waals surface area (Å²) >= 11 is 0. The van der Waals surface area contributed by atoms with Gasteiger partial charge in [0.15, 0.2) is 0 Å². The zero-order valence-corrected chi connectivity index (χ0v) is 12.6. The predicted molar refractivity (Wildman–Crippen MR) is 81.1 cm³/mol. The lowest BCUT2D eigenvalue weighted by Gasteiger charge is -2.24. The molecule has 0 fully saturated rings. The fourth-order valence-electron chi connectivity index (χ4n) is 2.10. The monoisotopic (exact) mass is 295 g/mol. The van der Waals surface area contributed by atoms with Crippen LogP contribution in [0.5, 0.6) is 0 Å². The zero-order valence-electron chi connectivity index (χ0n) is 12.6. The number of nitro benzene ring substituents is 1. The first kappa shape index (κ1) is 16.9. The van der Waals surface area contributed by atoms with E-state index in [1.165, 1.54) is 12.1 Å². The summed E-state index contributed by atoms with van der Waals surface area (Å²) in [4.78, 5) is 25.4. The van der Waals surface area contributed by atoms with Crippen LogP contribution in [-0.4, -0.2) is 54.6 Å². The van der Waals surface area contributed by atoms with E-state index in [1.807, 2.05) is 25.9 Å². The van der Waals surface area contributed by atoms with Crippen LogP contribution in [0, 0.1) is 10.1 Å². The van der Waals surface area contributed by atoms with Crippen molar-refractivity contribution in [2.75, 3.05) is 38.6 Å². The second-order valence-corrected chi connectivity index (χ2v) is 5.00. The number of nitrogens with zero attached hydrogens (tertiary/aromatic N) is 3. The van der Waals surface area contributed by atoms with Gasteiger partial charge in [-0.05, 0) is 46.1 Å². The lowest BCUT2D eigenvalue weighted by molar-refractivity contribution is -0.385. The van der Waals surface area contributed by atoms with Crippen LogP contribution in [0.25, 0.3) is 0 Å². The molecule has 1 N–H and O–H groups in total. The van der Waals surface area contributed by atoms with E-state index in [0.717, 1.165) is 19.5 Å². The number of carbonyl (C=O) groups is 1. The molecule has 1 aromatic carbocycles. The molecule has 0 saturated carbocycles. The van der Waals surface area contributed by atoms with Crippen LogP contribution in [0.1, 0.15) is 23.7 Å². The van der Waals surface area contributed by atoms with E-state index < -0.39 is 10.9 Å². The average Bonchev–Trinajstić information content (AvgIpc) is 2.42. The first-order valence-electron chi connectivity index (χ1n) is 6.78. The normalized spacial score (nSPS) is 10.7. The zero-order chi connectivity index (χ0) is 16.0. The number of hydrogen-bond acceptors (Lipinski definition) is 5. The highest BCUT2D eigenvalue weighted by molar-refractivity contribution is 5.93. The molecule has 0 aliphatic carbocycles. The van der Waals surface area contributed by atoms with Gasteiger partial charge in [0.2, 0.25) is 0 Å². The number of carboxylic acids is 1. The molecule has 7 heteroatoms. The van der Waals surface area contributed by atoms with Gasteiger partial charge in [-0.3, -0.25) is 10.1 Å². The summed E-state index contributed by atoms with van der Waals surface area (Å²) < 4.78 is 0. The van der Waals surface area contributed by atoms with Gasteiger partial charge in [-0.1, -0.05) is 0 Å². The van der Waals surface area contributed by atoms with Crippen LogP contribution in [0.2, 0.25) is 0 Å². The lowest BCUT2D eigenvalue weighted by atomic mass is 10.1. The first-order chi connectivity index (χ1) is 9.86. The molecule has 0 bridgehead atoms. The van der Waals surface area contributed by atoms with E-state index in [2.05, 4.69) is 4.90 Å². The van der Waals surface area contributed by atoms with Crippen LogP contribution in [-0.2, 0) is 0 Å². The molecule has 0 spiro atoms. The Morgan fingerprint density at radius 2 is 2.00 bits per heavy atom. The van der Waals surface area contributed by atoms with Crippen LogP contribution < -0.4 is 4.90 Å². The number of hydrogen-bond donors (Lipinski definition) is 1. The van der Waals surface area contributed by atoms with Crippen molar-refractivity contribution in [3.8, 4) is 0 Å². The Labute approximate surface area is 123 Å². The Balaban J connectivity index is 2.97. The molecule has 1 rings (SSSR count). The summed E-state index contributed by atoms with van der Waals surface area (Å²) in [5, 5.41) is 20.0. The Bertz CT molecular complexity index is 517. The maximum Gasteiger partial charge on any atom is 0.342 e. The summed E-state index contributed by atoms with van der Waals surface area (Å²) in [7, 11) is 3.98. The number of aromatic carboxylic acids is 1. The number of carboxylic acid groups (broad SMARTS) is 1. The molecule has 7 nitrogen and oxygen atoms in total. The van der Waals surface area contributed by atoms with Crippen molar-refractivity contribution in [2.24, 2.45) is 0 Å². The van der Waals surface area contributed by atoms with Crippen molar-refractivity contribution in [1.29, 1.82) is 0 Å².